The van der Waals surface area contributed by atoms with Gasteiger partial charge in [0.05, 0.1) is 18.7 Å². The number of carbonyl (C=O) groups is 1. The fraction of sp³-hybridized carbons (Fsp3) is 0.136. The second-order valence-corrected chi connectivity index (χ2v) is 6.82. The SMILES string of the molecule is NC(=O)c1cccc2c1c1ccc(CO)cc1n2Cc1ccccc1OC(F)(F)F. The monoisotopic (exact) mass is 414 g/mol. The molecule has 3 N–H and O–H groups in total. The van der Waals surface area contributed by atoms with Gasteiger partial charge in [0.25, 0.3) is 0 Å². The van der Waals surface area contributed by atoms with E-state index in [0.717, 1.165) is 0 Å². The van der Waals surface area contributed by atoms with Crippen molar-refractivity contribution in [1.29, 1.82) is 0 Å². The minimum atomic E-state index is -4.82. The van der Waals surface area contributed by atoms with E-state index in [-0.39, 0.29) is 18.9 Å². The summed E-state index contributed by atoms with van der Waals surface area (Å²) in [5.41, 5.74) is 8.10. The molecule has 0 aliphatic rings. The lowest BCUT2D eigenvalue weighted by atomic mass is 10.0. The number of nitrogens with two attached hydrogens (primary N) is 1. The van der Waals surface area contributed by atoms with Crippen molar-refractivity contribution in [2.45, 2.75) is 19.5 Å². The minimum absolute atomic E-state index is 0.0589. The molecule has 0 spiro atoms. The number of halogens is 3. The fourth-order valence-corrected chi connectivity index (χ4v) is 3.69. The number of hydrogen-bond donors (Lipinski definition) is 2. The van der Waals surface area contributed by atoms with Crippen LogP contribution in [0.3, 0.4) is 0 Å². The Morgan fingerprint density at radius 1 is 1.03 bits per heavy atom. The van der Waals surface area contributed by atoms with E-state index in [2.05, 4.69) is 4.74 Å². The summed E-state index contributed by atoms with van der Waals surface area (Å²) in [4.78, 5) is 12.0. The Kier molecular flexibility index (Phi) is 4.87. The molecule has 0 atom stereocenters. The van der Waals surface area contributed by atoms with Crippen LogP contribution in [-0.4, -0.2) is 21.9 Å². The molecule has 3 aromatic carbocycles. The molecule has 1 amide bonds. The number of aliphatic hydroxyl groups is 1. The van der Waals surface area contributed by atoms with Gasteiger partial charge in [0.15, 0.2) is 0 Å². The van der Waals surface area contributed by atoms with Crippen LogP contribution in [0.4, 0.5) is 13.2 Å². The van der Waals surface area contributed by atoms with E-state index in [1.807, 2.05) is 0 Å². The molecule has 0 radical (unpaired) electrons. The lowest BCUT2D eigenvalue weighted by Crippen LogP contribution is -2.18. The van der Waals surface area contributed by atoms with Crippen LogP contribution < -0.4 is 10.5 Å². The number of primary amides is 1. The number of aliphatic hydroxyl groups excluding tert-OH is 1. The number of rotatable bonds is 5. The van der Waals surface area contributed by atoms with Gasteiger partial charge in [-0.3, -0.25) is 4.79 Å². The summed E-state index contributed by atoms with van der Waals surface area (Å²) >= 11 is 0. The van der Waals surface area contributed by atoms with E-state index in [4.69, 9.17) is 5.73 Å². The third kappa shape index (κ3) is 3.57. The van der Waals surface area contributed by atoms with Crippen LogP contribution in [0.1, 0.15) is 21.5 Å². The number of hydrogen-bond acceptors (Lipinski definition) is 3. The average Bonchev–Trinajstić information content (AvgIpc) is 3.01. The van der Waals surface area contributed by atoms with Gasteiger partial charge in [-0.05, 0) is 29.8 Å². The van der Waals surface area contributed by atoms with Crippen molar-refractivity contribution >= 4 is 27.7 Å². The third-order valence-electron chi connectivity index (χ3n) is 4.93. The van der Waals surface area contributed by atoms with E-state index in [1.165, 1.54) is 12.1 Å². The van der Waals surface area contributed by atoms with Crippen LogP contribution in [0.25, 0.3) is 21.8 Å². The maximum atomic E-state index is 12.8. The maximum Gasteiger partial charge on any atom is 0.573 e. The molecule has 0 aliphatic heterocycles. The molecule has 5 nitrogen and oxygen atoms in total. The first-order valence-corrected chi connectivity index (χ1v) is 9.06. The molecule has 1 heterocycles. The first-order valence-electron chi connectivity index (χ1n) is 9.06. The zero-order chi connectivity index (χ0) is 21.5. The van der Waals surface area contributed by atoms with Gasteiger partial charge in [0.1, 0.15) is 5.75 Å². The normalized spacial score (nSPS) is 11.9. The summed E-state index contributed by atoms with van der Waals surface area (Å²) < 4.78 is 44.5. The highest BCUT2D eigenvalue weighted by molar-refractivity contribution is 6.18. The summed E-state index contributed by atoms with van der Waals surface area (Å²) in [7, 11) is 0. The van der Waals surface area contributed by atoms with Gasteiger partial charge in [-0.25, -0.2) is 0 Å². The van der Waals surface area contributed by atoms with Gasteiger partial charge < -0.3 is 20.1 Å². The van der Waals surface area contributed by atoms with Crippen LogP contribution in [0, 0.1) is 0 Å². The van der Waals surface area contributed by atoms with E-state index in [0.29, 0.717) is 38.5 Å². The predicted octanol–water partition coefficient (Wildman–Crippen LogP) is 4.33. The Bertz CT molecular complexity index is 1260. The summed E-state index contributed by atoms with van der Waals surface area (Å²) in [6, 6.07) is 16.2. The van der Waals surface area contributed by atoms with Crippen molar-refractivity contribution in [3.8, 4) is 5.75 Å². The molecule has 0 aliphatic carbocycles. The molecule has 1 aromatic heterocycles. The number of ether oxygens (including phenoxy) is 1. The average molecular weight is 414 g/mol. The highest BCUT2D eigenvalue weighted by atomic mass is 19.4. The molecular formula is C22H17F3N2O3. The van der Waals surface area contributed by atoms with Crippen LogP contribution in [0.15, 0.2) is 60.7 Å². The molecule has 0 saturated carbocycles. The standard InChI is InChI=1S/C22H17F3N2O3/c23-22(24,25)30-19-7-2-1-4-14(19)11-27-17-6-3-5-16(21(26)29)20(17)15-9-8-13(12-28)10-18(15)27/h1-10,28H,11-12H2,(H2,26,29). The van der Waals surface area contributed by atoms with Gasteiger partial charge in [0, 0.05) is 27.4 Å². The van der Waals surface area contributed by atoms with Gasteiger partial charge in [0.2, 0.25) is 5.91 Å². The van der Waals surface area contributed by atoms with Crippen LogP contribution in [0.2, 0.25) is 0 Å². The molecule has 4 rings (SSSR count). The van der Waals surface area contributed by atoms with E-state index < -0.39 is 12.3 Å². The van der Waals surface area contributed by atoms with Crippen molar-refractivity contribution in [3.05, 3.63) is 77.4 Å². The lowest BCUT2D eigenvalue weighted by molar-refractivity contribution is -0.274. The van der Waals surface area contributed by atoms with E-state index >= 15 is 0 Å². The molecule has 0 bridgehead atoms. The second kappa shape index (κ2) is 7.38. The fourth-order valence-electron chi connectivity index (χ4n) is 3.69. The smallest absolute Gasteiger partial charge is 0.405 e. The molecule has 0 fully saturated rings. The minimum Gasteiger partial charge on any atom is -0.405 e. The number of fused-ring (bicyclic) bond motifs is 3. The molecule has 30 heavy (non-hydrogen) atoms. The first kappa shape index (κ1) is 19.8. The molecular weight excluding hydrogens is 397 g/mol. The largest absolute Gasteiger partial charge is 0.573 e. The molecule has 0 unspecified atom stereocenters. The van der Waals surface area contributed by atoms with Crippen LogP contribution in [0.5, 0.6) is 5.75 Å². The number of nitrogens with zero attached hydrogens (tertiary/aromatic N) is 1. The van der Waals surface area contributed by atoms with Gasteiger partial charge >= 0.3 is 6.36 Å². The maximum absolute atomic E-state index is 12.8. The van der Waals surface area contributed by atoms with Crippen molar-refractivity contribution in [1.82, 2.24) is 4.57 Å². The number of alkyl halides is 3. The van der Waals surface area contributed by atoms with E-state index in [1.54, 1.807) is 53.1 Å². The number of para-hydroxylation sites is 1. The predicted molar refractivity (Wildman–Crippen MR) is 106 cm³/mol. The summed E-state index contributed by atoms with van der Waals surface area (Å²) in [5.74, 6) is -0.906. The van der Waals surface area contributed by atoms with E-state index in [9.17, 15) is 23.1 Å². The summed E-state index contributed by atoms with van der Waals surface area (Å²) in [6.07, 6.45) is -4.82. The second-order valence-electron chi connectivity index (χ2n) is 6.82. The first-order chi connectivity index (χ1) is 14.3. The van der Waals surface area contributed by atoms with Crippen LogP contribution >= 0.6 is 0 Å². The Morgan fingerprint density at radius 3 is 2.50 bits per heavy atom. The van der Waals surface area contributed by atoms with Gasteiger partial charge in [-0.15, -0.1) is 13.2 Å². The summed E-state index contributed by atoms with van der Waals surface area (Å²) in [6.45, 7) is -0.142. The molecule has 154 valence electrons. The molecule has 0 saturated heterocycles. The Morgan fingerprint density at radius 2 is 1.80 bits per heavy atom. The van der Waals surface area contributed by atoms with Crippen molar-refractivity contribution in [3.63, 3.8) is 0 Å². The topological polar surface area (TPSA) is 77.5 Å². The number of aromatic nitrogens is 1. The van der Waals surface area contributed by atoms with Crippen molar-refractivity contribution in [2.75, 3.05) is 0 Å². The lowest BCUT2D eigenvalue weighted by Gasteiger charge is -2.15. The third-order valence-corrected chi connectivity index (χ3v) is 4.93. The number of amides is 1. The van der Waals surface area contributed by atoms with Crippen LogP contribution in [-0.2, 0) is 13.2 Å². The highest BCUT2D eigenvalue weighted by Gasteiger charge is 2.32. The number of carbonyl (C=O) groups excluding carboxylic acids is 1. The Balaban J connectivity index is 1.97. The van der Waals surface area contributed by atoms with Crippen molar-refractivity contribution in [2.24, 2.45) is 5.73 Å². The molecule has 4 aromatic rings. The Hall–Kier alpha value is -3.52. The quantitative estimate of drug-likeness (QED) is 0.510. The Labute approximate surface area is 169 Å². The number of benzene rings is 3. The summed E-state index contributed by atoms with van der Waals surface area (Å²) in [5, 5.41) is 10.9. The zero-order valence-electron chi connectivity index (χ0n) is 15.6. The van der Waals surface area contributed by atoms with Crippen molar-refractivity contribution < 1.29 is 27.8 Å². The van der Waals surface area contributed by atoms with Gasteiger partial charge in [-0.2, -0.15) is 0 Å². The molecule has 8 heteroatoms. The highest BCUT2D eigenvalue weighted by Crippen LogP contribution is 2.34. The van der Waals surface area contributed by atoms with Gasteiger partial charge in [-0.1, -0.05) is 36.4 Å². The zero-order valence-corrected chi connectivity index (χ0v) is 15.6.